The summed E-state index contributed by atoms with van der Waals surface area (Å²) in [6.07, 6.45) is 3.55. The third-order valence-corrected chi connectivity index (χ3v) is 4.28. The fraction of sp³-hybridized carbons (Fsp3) is 0.714. The van der Waals surface area contributed by atoms with Crippen molar-refractivity contribution >= 4 is 11.8 Å². The second kappa shape index (κ2) is 6.24. The third-order valence-electron chi connectivity index (χ3n) is 4.28. The highest BCUT2D eigenvalue weighted by Gasteiger charge is 2.48. The molecule has 0 bridgehead atoms. The van der Waals surface area contributed by atoms with E-state index in [0.717, 1.165) is 0 Å². The molecular weight excluding hydrogens is 272 g/mol. The first-order valence-electron chi connectivity index (χ1n) is 7.46. The third kappa shape index (κ3) is 2.77. The van der Waals surface area contributed by atoms with E-state index < -0.39 is 11.6 Å². The zero-order chi connectivity index (χ0) is 15.5. The maximum atomic E-state index is 12.8. The molecule has 1 N–H and O–H groups in total. The van der Waals surface area contributed by atoms with Crippen LogP contribution in [0.2, 0.25) is 0 Å². The minimum Gasteiger partial charge on any atom is -0.340 e. The van der Waals surface area contributed by atoms with Crippen molar-refractivity contribution in [3.05, 3.63) is 12.2 Å². The molecule has 7 nitrogen and oxygen atoms in total. The average molecular weight is 294 g/mol. The van der Waals surface area contributed by atoms with Crippen LogP contribution in [0.1, 0.15) is 45.9 Å². The summed E-state index contributed by atoms with van der Waals surface area (Å²) in [7, 11) is 0. The van der Waals surface area contributed by atoms with Gasteiger partial charge in [0, 0.05) is 13.0 Å². The Morgan fingerprint density at radius 1 is 1.33 bits per heavy atom. The number of carbonyl (C=O) groups is 2. The van der Waals surface area contributed by atoms with Crippen LogP contribution in [0.15, 0.2) is 10.9 Å². The first kappa shape index (κ1) is 15.5. The van der Waals surface area contributed by atoms with Gasteiger partial charge in [0.15, 0.2) is 6.33 Å². The summed E-state index contributed by atoms with van der Waals surface area (Å²) in [5.41, 5.74) is -0.780. The predicted octanol–water partition coefficient (Wildman–Crippen LogP) is 0.908. The van der Waals surface area contributed by atoms with E-state index in [1.165, 1.54) is 6.33 Å². The van der Waals surface area contributed by atoms with Crippen LogP contribution in [0.5, 0.6) is 0 Å². The highest BCUT2D eigenvalue weighted by atomic mass is 16.5. The molecule has 0 aromatic carbocycles. The first-order valence-corrected chi connectivity index (χ1v) is 7.46. The highest BCUT2D eigenvalue weighted by molar-refractivity contribution is 5.99. The van der Waals surface area contributed by atoms with Crippen molar-refractivity contribution in [1.29, 1.82) is 0 Å². The van der Waals surface area contributed by atoms with Crippen molar-refractivity contribution < 1.29 is 14.1 Å². The molecule has 1 atom stereocenters. The van der Waals surface area contributed by atoms with Gasteiger partial charge in [0.25, 0.3) is 0 Å². The molecule has 1 unspecified atom stereocenters. The number of nitrogens with zero attached hydrogens (tertiary/aromatic N) is 3. The van der Waals surface area contributed by atoms with Crippen molar-refractivity contribution in [2.45, 2.75) is 58.0 Å². The molecule has 1 fully saturated rings. The van der Waals surface area contributed by atoms with Crippen LogP contribution in [-0.4, -0.2) is 45.0 Å². The minimum atomic E-state index is -0.780. The standard InChI is InChI=1S/C14H22N4O3/c1-4-10-12(19)17-14(5-2,6-3)13(20)18(10)8-7-11-15-9-16-21-11/h9-10H,4-8H2,1-3H3,(H,17,19). The van der Waals surface area contributed by atoms with E-state index in [0.29, 0.717) is 38.1 Å². The Bertz CT molecular complexity index is 496. The Labute approximate surface area is 124 Å². The molecule has 1 saturated heterocycles. The van der Waals surface area contributed by atoms with Crippen LogP contribution in [0.4, 0.5) is 0 Å². The van der Waals surface area contributed by atoms with Crippen LogP contribution < -0.4 is 5.32 Å². The predicted molar refractivity (Wildman–Crippen MR) is 75.2 cm³/mol. The molecule has 1 aliphatic rings. The molecule has 116 valence electrons. The number of nitrogens with one attached hydrogen (secondary N) is 1. The van der Waals surface area contributed by atoms with Gasteiger partial charge >= 0.3 is 0 Å². The quantitative estimate of drug-likeness (QED) is 0.842. The van der Waals surface area contributed by atoms with E-state index in [9.17, 15) is 9.59 Å². The first-order chi connectivity index (χ1) is 10.1. The topological polar surface area (TPSA) is 88.3 Å². The molecule has 2 amide bonds. The van der Waals surface area contributed by atoms with Gasteiger partial charge in [-0.1, -0.05) is 25.9 Å². The summed E-state index contributed by atoms with van der Waals surface area (Å²) in [5.74, 6) is 0.382. The Hall–Kier alpha value is -1.92. The molecule has 1 aliphatic heterocycles. The number of amides is 2. The maximum Gasteiger partial charge on any atom is 0.248 e. The summed E-state index contributed by atoms with van der Waals surface area (Å²) >= 11 is 0. The molecule has 1 aromatic rings. The Balaban J connectivity index is 2.20. The maximum absolute atomic E-state index is 12.8. The van der Waals surface area contributed by atoms with Crippen LogP contribution in [0.3, 0.4) is 0 Å². The second-order valence-corrected chi connectivity index (χ2v) is 5.29. The number of rotatable bonds is 6. The molecule has 2 rings (SSSR count). The minimum absolute atomic E-state index is 0.0153. The molecule has 7 heteroatoms. The van der Waals surface area contributed by atoms with Crippen molar-refractivity contribution in [3.8, 4) is 0 Å². The lowest BCUT2D eigenvalue weighted by molar-refractivity contribution is -0.155. The molecule has 0 radical (unpaired) electrons. The zero-order valence-corrected chi connectivity index (χ0v) is 12.8. The average Bonchev–Trinajstić information content (AvgIpc) is 3.01. The summed E-state index contributed by atoms with van der Waals surface area (Å²) in [4.78, 5) is 30.8. The monoisotopic (exact) mass is 294 g/mol. The van der Waals surface area contributed by atoms with Crippen molar-refractivity contribution in [3.63, 3.8) is 0 Å². The number of hydrogen-bond acceptors (Lipinski definition) is 5. The summed E-state index contributed by atoms with van der Waals surface area (Å²) in [6, 6.07) is -0.424. The SMILES string of the molecule is CCC1C(=O)NC(CC)(CC)C(=O)N1CCc1ncno1. The summed E-state index contributed by atoms with van der Waals surface area (Å²) in [5, 5.41) is 6.47. The van der Waals surface area contributed by atoms with Gasteiger partial charge in [-0.15, -0.1) is 0 Å². The van der Waals surface area contributed by atoms with Gasteiger partial charge in [0.2, 0.25) is 17.7 Å². The lowest BCUT2D eigenvalue weighted by Crippen LogP contribution is -2.70. The van der Waals surface area contributed by atoms with Crippen LogP contribution >= 0.6 is 0 Å². The smallest absolute Gasteiger partial charge is 0.248 e. The van der Waals surface area contributed by atoms with Crippen molar-refractivity contribution in [2.24, 2.45) is 0 Å². The lowest BCUT2D eigenvalue weighted by atomic mass is 9.86. The number of piperazine rings is 1. The van der Waals surface area contributed by atoms with Gasteiger partial charge in [0.1, 0.15) is 11.6 Å². The molecule has 0 spiro atoms. The molecular formula is C14H22N4O3. The van der Waals surface area contributed by atoms with Gasteiger partial charge in [-0.2, -0.15) is 4.98 Å². The van der Waals surface area contributed by atoms with Gasteiger partial charge in [-0.05, 0) is 19.3 Å². The lowest BCUT2D eigenvalue weighted by Gasteiger charge is -2.45. The van der Waals surface area contributed by atoms with Crippen LogP contribution in [-0.2, 0) is 16.0 Å². The largest absolute Gasteiger partial charge is 0.340 e. The van der Waals surface area contributed by atoms with Gasteiger partial charge in [0.05, 0.1) is 0 Å². The van der Waals surface area contributed by atoms with E-state index >= 15 is 0 Å². The number of aromatic nitrogens is 2. The number of carbonyl (C=O) groups excluding carboxylic acids is 2. The number of hydrogen-bond donors (Lipinski definition) is 1. The molecule has 21 heavy (non-hydrogen) atoms. The fourth-order valence-electron chi connectivity index (χ4n) is 2.85. The van der Waals surface area contributed by atoms with E-state index in [1.807, 2.05) is 20.8 Å². The van der Waals surface area contributed by atoms with E-state index in [4.69, 9.17) is 4.52 Å². The highest BCUT2D eigenvalue weighted by Crippen LogP contribution is 2.26. The molecule has 2 heterocycles. The van der Waals surface area contributed by atoms with E-state index in [-0.39, 0.29) is 11.8 Å². The van der Waals surface area contributed by atoms with Crippen LogP contribution in [0.25, 0.3) is 0 Å². The summed E-state index contributed by atoms with van der Waals surface area (Å²) < 4.78 is 4.96. The van der Waals surface area contributed by atoms with Gasteiger partial charge in [-0.25, -0.2) is 0 Å². The van der Waals surface area contributed by atoms with E-state index in [2.05, 4.69) is 15.5 Å². The van der Waals surface area contributed by atoms with Gasteiger partial charge < -0.3 is 14.7 Å². The van der Waals surface area contributed by atoms with Crippen LogP contribution in [0, 0.1) is 0 Å². The van der Waals surface area contributed by atoms with Crippen molar-refractivity contribution in [1.82, 2.24) is 20.4 Å². The zero-order valence-electron chi connectivity index (χ0n) is 12.8. The molecule has 0 aliphatic carbocycles. The Kier molecular flexibility index (Phi) is 4.59. The second-order valence-electron chi connectivity index (χ2n) is 5.29. The van der Waals surface area contributed by atoms with E-state index in [1.54, 1.807) is 4.90 Å². The fourth-order valence-corrected chi connectivity index (χ4v) is 2.85. The summed E-state index contributed by atoms with van der Waals surface area (Å²) in [6.45, 7) is 6.16. The Morgan fingerprint density at radius 2 is 2.05 bits per heavy atom. The molecule has 1 aromatic heterocycles. The van der Waals surface area contributed by atoms with Crippen molar-refractivity contribution in [2.75, 3.05) is 6.54 Å². The normalized spacial score (nSPS) is 21.5. The van der Waals surface area contributed by atoms with Gasteiger partial charge in [-0.3, -0.25) is 9.59 Å². The Morgan fingerprint density at radius 3 is 2.57 bits per heavy atom. The molecule has 0 saturated carbocycles.